The third-order valence-electron chi connectivity index (χ3n) is 7.65. The van der Waals surface area contributed by atoms with Crippen LogP contribution in [-0.2, 0) is 29.0 Å². The van der Waals surface area contributed by atoms with Crippen molar-refractivity contribution in [2.24, 2.45) is 0 Å². The van der Waals surface area contributed by atoms with Gasteiger partial charge >= 0.3 is 0 Å². The van der Waals surface area contributed by atoms with Gasteiger partial charge in [-0.25, -0.2) is 0 Å². The fourth-order valence-electron chi connectivity index (χ4n) is 6.04. The first-order valence-corrected chi connectivity index (χ1v) is 15.3. The molecular weight excluding hydrogens is 508 g/mol. The lowest BCUT2D eigenvalue weighted by Crippen LogP contribution is -2.67. The number of ether oxygens (including phenoxy) is 4. The molecular formula is C32H38O6Si. The predicted octanol–water partition coefficient (Wildman–Crippen LogP) is 4.89. The zero-order valence-corrected chi connectivity index (χ0v) is 24.6. The first-order valence-electron chi connectivity index (χ1n) is 13.4. The highest BCUT2D eigenvalue weighted by Crippen LogP contribution is 2.51. The molecule has 7 heteroatoms. The topological polar surface area (TPSA) is 59.3 Å². The molecule has 2 aliphatic rings. The smallest absolute Gasteiger partial charge is 0.261 e. The lowest BCUT2D eigenvalue weighted by Gasteiger charge is -2.44. The van der Waals surface area contributed by atoms with Gasteiger partial charge < -0.3 is 27.8 Å². The molecule has 0 bridgehead atoms. The Morgan fingerprint density at radius 3 is 2.05 bits per heavy atom. The second-order valence-corrected chi connectivity index (χ2v) is 16.0. The maximum atomic E-state index is 7.26. The lowest BCUT2D eigenvalue weighted by molar-refractivity contribution is -0.244. The van der Waals surface area contributed by atoms with Crippen molar-refractivity contribution < 1.29 is 27.8 Å². The molecule has 6 nitrogen and oxygen atoms in total. The van der Waals surface area contributed by atoms with E-state index in [1.54, 1.807) is 0 Å². The monoisotopic (exact) mass is 546 g/mol. The molecule has 4 atom stereocenters. The van der Waals surface area contributed by atoms with Crippen LogP contribution in [0.4, 0.5) is 0 Å². The van der Waals surface area contributed by atoms with Crippen molar-refractivity contribution in [3.63, 3.8) is 0 Å². The zero-order chi connectivity index (χ0) is 27.9. The number of hydrogen-bond acceptors (Lipinski definition) is 6. The van der Waals surface area contributed by atoms with Crippen LogP contribution in [0.3, 0.4) is 0 Å². The maximum Gasteiger partial charge on any atom is 0.261 e. The van der Waals surface area contributed by atoms with E-state index in [1.165, 1.54) is 10.4 Å². The first-order chi connectivity index (χ1) is 18.5. The molecule has 0 aliphatic carbocycles. The van der Waals surface area contributed by atoms with Crippen molar-refractivity contribution in [3.05, 3.63) is 84.3 Å². The van der Waals surface area contributed by atoms with Gasteiger partial charge in [-0.3, -0.25) is 0 Å². The van der Waals surface area contributed by atoms with Gasteiger partial charge in [0.15, 0.2) is 23.8 Å². The summed E-state index contributed by atoms with van der Waals surface area (Å²) >= 11 is 0. The number of rotatable bonds is 8. The summed E-state index contributed by atoms with van der Waals surface area (Å²) in [6.07, 6.45) is 3.82. The van der Waals surface area contributed by atoms with Crippen LogP contribution >= 0.6 is 0 Å². The Bertz CT molecular complexity index is 1270. The summed E-state index contributed by atoms with van der Waals surface area (Å²) in [5, 5.41) is 2.15. The Balaban J connectivity index is 1.61. The van der Waals surface area contributed by atoms with Crippen LogP contribution in [0, 0.1) is 19.3 Å². The van der Waals surface area contributed by atoms with Gasteiger partial charge in [0.1, 0.15) is 24.2 Å². The van der Waals surface area contributed by atoms with E-state index in [0.29, 0.717) is 5.76 Å². The van der Waals surface area contributed by atoms with Gasteiger partial charge in [-0.2, -0.15) is 0 Å². The van der Waals surface area contributed by atoms with Crippen molar-refractivity contribution in [1.82, 2.24) is 0 Å². The van der Waals surface area contributed by atoms with Crippen molar-refractivity contribution in [2.75, 3.05) is 13.2 Å². The van der Waals surface area contributed by atoms with Crippen molar-refractivity contribution >= 4 is 18.7 Å². The first kappa shape index (κ1) is 27.8. The van der Waals surface area contributed by atoms with Gasteiger partial charge in [0.05, 0.1) is 6.61 Å². The Labute approximate surface area is 232 Å². The molecule has 1 aromatic heterocycles. The molecule has 0 saturated carbocycles. The summed E-state index contributed by atoms with van der Waals surface area (Å²) in [6.45, 7) is 12.6. The Morgan fingerprint density at radius 2 is 1.54 bits per heavy atom. The third kappa shape index (κ3) is 4.80. The highest BCUT2D eigenvalue weighted by molar-refractivity contribution is 6.99. The number of furan rings is 1. The van der Waals surface area contributed by atoms with Crippen LogP contribution in [0.25, 0.3) is 0 Å². The molecule has 0 unspecified atom stereocenters. The van der Waals surface area contributed by atoms with Crippen LogP contribution in [0.15, 0.2) is 77.2 Å². The van der Waals surface area contributed by atoms with E-state index in [9.17, 15) is 0 Å². The van der Waals surface area contributed by atoms with Crippen LogP contribution in [0.1, 0.15) is 46.1 Å². The third-order valence-corrected chi connectivity index (χ3v) is 12.7. The van der Waals surface area contributed by atoms with Crippen LogP contribution in [0.2, 0.25) is 5.04 Å². The van der Waals surface area contributed by atoms with E-state index in [2.05, 4.69) is 75.2 Å². The van der Waals surface area contributed by atoms with Crippen molar-refractivity contribution in [2.45, 2.75) is 76.5 Å². The molecule has 3 aromatic rings. The van der Waals surface area contributed by atoms with Gasteiger partial charge in [0.25, 0.3) is 8.32 Å². The SMILES string of the molecule is C#CCO[C@]1(c2ccc(C)o2)[C@@H]2OC(C)(C)O[C@@H]2O[C@@H]1CO[Si](c1ccccc1)(c1ccccc1)C(C)(C)C. The number of benzene rings is 2. The highest BCUT2D eigenvalue weighted by Gasteiger charge is 2.67. The van der Waals surface area contributed by atoms with Crippen LogP contribution < -0.4 is 10.4 Å². The number of aryl methyl sites for hydroxylation is 1. The van der Waals surface area contributed by atoms with E-state index in [4.69, 9.17) is 34.2 Å². The summed E-state index contributed by atoms with van der Waals surface area (Å²) in [5.41, 5.74) is -1.16. The molecule has 2 fully saturated rings. The van der Waals surface area contributed by atoms with E-state index in [0.717, 1.165) is 5.76 Å². The standard InChI is InChI=1S/C32H38O6Si/c1-8-21-33-32(26-20-19-23(2)35-26)27(36-29-28(32)37-31(6,7)38-29)22-34-39(30(3,4)5,24-15-11-9-12-16-24)25-17-13-10-14-18-25/h1,9-20,27-29H,21-22H2,2-7H3/t27-,28-,29+,32+/m1/s1. The van der Waals surface area contributed by atoms with Gasteiger partial charge in [-0.15, -0.1) is 6.42 Å². The van der Waals surface area contributed by atoms with Crippen molar-refractivity contribution in [3.8, 4) is 12.3 Å². The summed E-state index contributed by atoms with van der Waals surface area (Å²) in [7, 11) is -2.86. The fourth-order valence-corrected chi connectivity index (χ4v) is 10.6. The van der Waals surface area contributed by atoms with E-state index in [1.807, 2.05) is 45.0 Å². The summed E-state index contributed by atoms with van der Waals surface area (Å²) in [6, 6.07) is 24.8. The van der Waals surface area contributed by atoms with E-state index >= 15 is 0 Å². The van der Waals surface area contributed by atoms with E-state index in [-0.39, 0.29) is 18.3 Å². The quantitative estimate of drug-likeness (QED) is 0.296. The molecule has 39 heavy (non-hydrogen) atoms. The van der Waals surface area contributed by atoms with Crippen LogP contribution in [-0.4, -0.2) is 45.8 Å². The molecule has 2 aromatic carbocycles. The molecule has 0 amide bonds. The largest absolute Gasteiger partial charge is 0.463 e. The molecule has 5 rings (SSSR count). The number of fused-ring (bicyclic) bond motifs is 1. The lowest BCUT2D eigenvalue weighted by atomic mass is 9.89. The molecule has 3 heterocycles. The molecule has 0 radical (unpaired) electrons. The average molecular weight is 547 g/mol. The predicted molar refractivity (Wildman–Crippen MR) is 152 cm³/mol. The van der Waals surface area contributed by atoms with Crippen molar-refractivity contribution in [1.29, 1.82) is 0 Å². The van der Waals surface area contributed by atoms with E-state index < -0.39 is 38.2 Å². The summed E-state index contributed by atoms with van der Waals surface area (Å²) < 4.78 is 39.1. The normalized spacial score (nSPS) is 26.3. The molecule has 2 aliphatic heterocycles. The molecule has 2 saturated heterocycles. The fraction of sp³-hybridized carbons (Fsp3) is 0.438. The van der Waals surface area contributed by atoms with Gasteiger partial charge in [-0.1, -0.05) is 87.4 Å². The number of terminal acetylenes is 1. The molecule has 0 N–H and O–H groups in total. The van der Waals surface area contributed by atoms with Crippen LogP contribution in [0.5, 0.6) is 0 Å². The maximum absolute atomic E-state index is 7.26. The summed E-state index contributed by atoms with van der Waals surface area (Å²) in [4.78, 5) is 0. The zero-order valence-electron chi connectivity index (χ0n) is 23.6. The molecule has 206 valence electrons. The highest BCUT2D eigenvalue weighted by atomic mass is 28.4. The Kier molecular flexibility index (Phi) is 7.40. The minimum atomic E-state index is -2.86. The Hall–Kier alpha value is -2.70. The van der Waals surface area contributed by atoms with Gasteiger partial charge in [0.2, 0.25) is 0 Å². The van der Waals surface area contributed by atoms with Gasteiger partial charge in [-0.05, 0) is 48.3 Å². The minimum absolute atomic E-state index is 0.0474. The summed E-state index contributed by atoms with van der Waals surface area (Å²) in [5.74, 6) is 3.10. The second-order valence-electron chi connectivity index (χ2n) is 11.7. The molecule has 0 spiro atoms. The minimum Gasteiger partial charge on any atom is -0.463 e. The average Bonchev–Trinajstić information content (AvgIpc) is 3.55. The number of hydrogen-bond donors (Lipinski definition) is 0. The second kappa shape index (κ2) is 10.4. The van der Waals surface area contributed by atoms with Gasteiger partial charge in [0, 0.05) is 0 Å². The Morgan fingerprint density at radius 1 is 0.923 bits per heavy atom.